The number of nitrogens with one attached hydrogen (secondary N) is 2. The minimum Gasteiger partial charge on any atom is -0.472 e. The number of carbonyl (C=O) groups excluding carboxylic acids is 1. The van der Waals surface area contributed by atoms with E-state index < -0.39 is 0 Å². The third-order valence-electron chi connectivity index (χ3n) is 0.904. The van der Waals surface area contributed by atoms with Gasteiger partial charge in [0.05, 0.1) is 5.71 Å². The van der Waals surface area contributed by atoms with E-state index in [4.69, 9.17) is 5.41 Å². The number of aldehydes is 1. The van der Waals surface area contributed by atoms with E-state index in [-0.39, 0.29) is 36.8 Å². The summed E-state index contributed by atoms with van der Waals surface area (Å²) in [5.41, 5.74) is 0.154. The number of carbonyl (C=O) groups is 1. The van der Waals surface area contributed by atoms with Crippen molar-refractivity contribution in [1.29, 1.82) is 5.41 Å². The smallest absolute Gasteiger partial charge is 0.163 e. The predicted octanol–water partition coefficient (Wildman–Crippen LogP) is 0.366. The van der Waals surface area contributed by atoms with Gasteiger partial charge in [0, 0.05) is 31.1 Å². The van der Waals surface area contributed by atoms with E-state index in [1.54, 1.807) is 7.05 Å². The molecule has 0 fully saturated rings. The summed E-state index contributed by atoms with van der Waals surface area (Å²) in [6.07, 6.45) is 1.85. The first-order valence-electron chi connectivity index (χ1n) is 2.82. The van der Waals surface area contributed by atoms with Crippen LogP contribution >= 0.6 is 0 Å². The van der Waals surface area contributed by atoms with Gasteiger partial charge in [-0.1, -0.05) is 0 Å². The van der Waals surface area contributed by atoms with Crippen molar-refractivity contribution in [3.8, 4) is 0 Å². The average Bonchev–Trinajstić information content (AvgIpc) is 1.89. The standard InChI is InChI=1S/C6H11N2O.U/c1-8-4-2-3-6(7)5-9;/h4-5,7-8H,2-3H2,1H3;/q-1;. The molecule has 0 aromatic carbocycles. The minimum atomic E-state index is 0. The van der Waals surface area contributed by atoms with Crippen LogP contribution in [0.2, 0.25) is 0 Å². The molecule has 4 heteroatoms. The molecule has 2 N–H and O–H groups in total. The monoisotopic (exact) mass is 365 g/mol. The Labute approximate surface area is 84.8 Å². The molecule has 0 rings (SSSR count). The van der Waals surface area contributed by atoms with E-state index >= 15 is 0 Å². The number of rotatable bonds is 5. The van der Waals surface area contributed by atoms with Crippen LogP contribution < -0.4 is 5.32 Å². The van der Waals surface area contributed by atoms with Crippen LogP contribution in [0.4, 0.5) is 0 Å². The van der Waals surface area contributed by atoms with Crippen molar-refractivity contribution in [3.63, 3.8) is 0 Å². The Morgan fingerprint density at radius 2 is 2.40 bits per heavy atom. The summed E-state index contributed by atoms with van der Waals surface area (Å²) in [5.74, 6) is 0. The van der Waals surface area contributed by atoms with Crippen molar-refractivity contribution < 1.29 is 35.9 Å². The Bertz CT molecular complexity index is 106. The summed E-state index contributed by atoms with van der Waals surface area (Å²) in [5, 5.41) is 9.71. The van der Waals surface area contributed by atoms with Gasteiger partial charge >= 0.3 is 0 Å². The fraction of sp³-hybridized carbons (Fsp3) is 0.500. The second-order valence-electron chi connectivity index (χ2n) is 1.67. The molecule has 3 nitrogen and oxygen atoms in total. The Kier molecular flexibility index (Phi) is 12.1. The summed E-state index contributed by atoms with van der Waals surface area (Å²) in [6.45, 7) is 1.82. The predicted molar refractivity (Wildman–Crippen MR) is 36.4 cm³/mol. The molecule has 56 valence electrons. The molecule has 0 aromatic rings. The topological polar surface area (TPSA) is 53.0 Å². The molecule has 0 bridgehead atoms. The summed E-state index contributed by atoms with van der Waals surface area (Å²) in [4.78, 5) is 9.84. The van der Waals surface area contributed by atoms with Crippen molar-refractivity contribution >= 4 is 12.0 Å². The first kappa shape index (κ1) is 13.0. The second-order valence-corrected chi connectivity index (χ2v) is 1.67. The molecule has 0 heterocycles. The van der Waals surface area contributed by atoms with Crippen LogP contribution in [0.15, 0.2) is 0 Å². The molecule has 0 aromatic heterocycles. The Morgan fingerprint density at radius 3 is 2.80 bits per heavy atom. The Morgan fingerprint density at radius 1 is 1.80 bits per heavy atom. The van der Waals surface area contributed by atoms with E-state index in [9.17, 15) is 4.79 Å². The molecule has 0 radical (unpaired) electrons. The summed E-state index contributed by atoms with van der Waals surface area (Å²) >= 11 is 0. The van der Waals surface area contributed by atoms with Gasteiger partial charge in [-0.3, -0.25) is 11.3 Å². The third-order valence-corrected chi connectivity index (χ3v) is 0.904. The van der Waals surface area contributed by atoms with Crippen LogP contribution in [-0.4, -0.2) is 19.0 Å². The van der Waals surface area contributed by atoms with Crippen molar-refractivity contribution in [2.75, 3.05) is 7.05 Å². The number of hydrogen-bond donors (Lipinski definition) is 2. The first-order valence-corrected chi connectivity index (χ1v) is 2.82. The summed E-state index contributed by atoms with van der Waals surface area (Å²) < 4.78 is 0. The van der Waals surface area contributed by atoms with Crippen LogP contribution in [0.3, 0.4) is 0 Å². The van der Waals surface area contributed by atoms with E-state index in [0.29, 0.717) is 12.7 Å². The molecule has 0 unspecified atom stereocenters. The molecule has 0 aliphatic heterocycles. The normalized spacial score (nSPS) is 8.10. The first-order chi connectivity index (χ1) is 4.31. The summed E-state index contributed by atoms with van der Waals surface area (Å²) in [6, 6.07) is 0. The van der Waals surface area contributed by atoms with Crippen molar-refractivity contribution in [3.05, 3.63) is 6.54 Å². The van der Waals surface area contributed by atoms with E-state index in [2.05, 4.69) is 5.32 Å². The maximum absolute atomic E-state index is 9.84. The largest absolute Gasteiger partial charge is 0.472 e. The van der Waals surface area contributed by atoms with Gasteiger partial charge in [-0.25, -0.2) is 0 Å². The van der Waals surface area contributed by atoms with Crippen molar-refractivity contribution in [2.45, 2.75) is 12.8 Å². The molecule has 0 spiro atoms. The molecule has 10 heavy (non-hydrogen) atoms. The van der Waals surface area contributed by atoms with Gasteiger partial charge < -0.3 is 10.7 Å². The van der Waals surface area contributed by atoms with Crippen LogP contribution in [0, 0.1) is 43.1 Å². The van der Waals surface area contributed by atoms with Crippen LogP contribution in [0.25, 0.3) is 0 Å². The van der Waals surface area contributed by atoms with Crippen LogP contribution in [0.5, 0.6) is 0 Å². The third kappa shape index (κ3) is 8.35. The van der Waals surface area contributed by atoms with Gasteiger partial charge in [0.25, 0.3) is 0 Å². The van der Waals surface area contributed by atoms with Gasteiger partial charge in [-0.05, 0) is 13.5 Å². The van der Waals surface area contributed by atoms with Crippen LogP contribution in [-0.2, 0) is 4.79 Å². The quantitative estimate of drug-likeness (QED) is 0.320. The molecule has 0 atom stereocenters. The molecular formula is C6H11N2OU-. The van der Waals surface area contributed by atoms with E-state index in [1.807, 2.05) is 6.54 Å². The zero-order valence-corrected chi connectivity index (χ0v) is 10.1. The fourth-order valence-electron chi connectivity index (χ4n) is 0.431. The van der Waals surface area contributed by atoms with Crippen LogP contribution in [0.1, 0.15) is 12.8 Å². The van der Waals surface area contributed by atoms with Gasteiger partial charge in [-0.2, -0.15) is 6.42 Å². The van der Waals surface area contributed by atoms with Crippen molar-refractivity contribution in [2.24, 2.45) is 0 Å². The molecule has 0 saturated carbocycles. The van der Waals surface area contributed by atoms with Gasteiger partial charge in [0.2, 0.25) is 0 Å². The van der Waals surface area contributed by atoms with E-state index in [0.717, 1.165) is 6.42 Å². The SMILES string of the molecule is CN[CH-]CCC(=N)C=O.[U]. The average molecular weight is 365 g/mol. The molecule has 0 aliphatic carbocycles. The van der Waals surface area contributed by atoms with E-state index in [1.165, 1.54) is 0 Å². The second kappa shape index (κ2) is 9.35. The minimum absolute atomic E-state index is 0. The Hall–Kier alpha value is 0.352. The fourth-order valence-corrected chi connectivity index (χ4v) is 0.431. The maximum atomic E-state index is 9.84. The zero-order chi connectivity index (χ0) is 7.11. The van der Waals surface area contributed by atoms with Gasteiger partial charge in [0.1, 0.15) is 0 Å². The molecular weight excluding hydrogens is 354 g/mol. The molecule has 0 amide bonds. The van der Waals surface area contributed by atoms with Gasteiger partial charge in [-0.15, -0.1) is 0 Å². The zero-order valence-electron chi connectivity index (χ0n) is 5.98. The molecule has 0 aliphatic rings. The maximum Gasteiger partial charge on any atom is 0.163 e. The van der Waals surface area contributed by atoms with Gasteiger partial charge in [0.15, 0.2) is 6.29 Å². The molecule has 0 saturated heterocycles. The summed E-state index contributed by atoms with van der Waals surface area (Å²) in [7, 11) is 1.80. The Balaban J connectivity index is 0. The number of hydrogen-bond acceptors (Lipinski definition) is 3. The van der Waals surface area contributed by atoms with Crippen molar-refractivity contribution in [1.82, 2.24) is 5.32 Å².